The number of carbonyl (C=O) groups excluding carboxylic acids is 1. The topological polar surface area (TPSA) is 47.3 Å². The minimum atomic E-state index is -0.621. The van der Waals surface area contributed by atoms with Crippen LogP contribution in [0.3, 0.4) is 0 Å². The Morgan fingerprint density at radius 1 is 1.38 bits per heavy atom. The number of halogens is 1. The molecule has 0 bridgehead atoms. The largest absolute Gasteiger partial charge is 0.341 e. The molecule has 21 heavy (non-hydrogen) atoms. The minimum absolute atomic E-state index is 0.0281. The first-order valence-corrected chi connectivity index (χ1v) is 7.14. The molecule has 0 spiro atoms. The van der Waals surface area contributed by atoms with E-state index in [-0.39, 0.29) is 17.6 Å². The van der Waals surface area contributed by atoms with Gasteiger partial charge in [0.15, 0.2) is 0 Å². The Labute approximate surface area is 124 Å². The van der Waals surface area contributed by atoms with E-state index in [9.17, 15) is 9.18 Å². The fourth-order valence-corrected chi connectivity index (χ4v) is 2.73. The fourth-order valence-electron chi connectivity index (χ4n) is 2.73. The van der Waals surface area contributed by atoms with Crippen molar-refractivity contribution in [2.24, 2.45) is 5.92 Å². The Morgan fingerprint density at radius 2 is 2.00 bits per heavy atom. The van der Waals surface area contributed by atoms with Gasteiger partial charge >= 0.3 is 0 Å². The van der Waals surface area contributed by atoms with Gasteiger partial charge < -0.3 is 4.90 Å². The number of piperidine rings is 1. The molecule has 1 aliphatic rings. The Morgan fingerprint density at radius 3 is 2.52 bits per heavy atom. The average molecular weight is 289 g/mol. The number of likely N-dealkylation sites (tertiary alicyclic amines) is 1. The van der Waals surface area contributed by atoms with E-state index < -0.39 is 6.04 Å². The van der Waals surface area contributed by atoms with Crippen LogP contribution in [0.25, 0.3) is 0 Å². The second-order valence-electron chi connectivity index (χ2n) is 5.62. The lowest BCUT2D eigenvalue weighted by atomic mass is 9.96. The SMILES string of the molecule is CN(C)[C@H](C(=O)N1CCC(C#N)CC1)c1ccccc1F. The van der Waals surface area contributed by atoms with Gasteiger partial charge in [-0.05, 0) is 33.0 Å². The van der Waals surface area contributed by atoms with E-state index in [2.05, 4.69) is 6.07 Å². The number of carbonyl (C=O) groups is 1. The average Bonchev–Trinajstić information content (AvgIpc) is 2.49. The van der Waals surface area contributed by atoms with E-state index in [1.807, 2.05) is 0 Å². The van der Waals surface area contributed by atoms with Crippen LogP contribution in [0.2, 0.25) is 0 Å². The van der Waals surface area contributed by atoms with Crippen LogP contribution in [0.1, 0.15) is 24.4 Å². The summed E-state index contributed by atoms with van der Waals surface area (Å²) < 4.78 is 14.0. The van der Waals surface area contributed by atoms with E-state index in [1.54, 1.807) is 42.1 Å². The van der Waals surface area contributed by atoms with Gasteiger partial charge in [0.05, 0.1) is 6.07 Å². The van der Waals surface area contributed by atoms with Crippen molar-refractivity contribution in [1.29, 1.82) is 5.26 Å². The third-order valence-corrected chi connectivity index (χ3v) is 3.94. The van der Waals surface area contributed by atoms with Crippen molar-refractivity contribution >= 4 is 5.91 Å². The number of likely N-dealkylation sites (N-methyl/N-ethyl adjacent to an activating group) is 1. The van der Waals surface area contributed by atoms with Gasteiger partial charge in [0.2, 0.25) is 5.91 Å². The molecule has 1 aromatic carbocycles. The van der Waals surface area contributed by atoms with E-state index in [4.69, 9.17) is 5.26 Å². The second-order valence-corrected chi connectivity index (χ2v) is 5.62. The number of nitriles is 1. The van der Waals surface area contributed by atoms with Crippen LogP contribution in [-0.2, 0) is 4.79 Å². The molecule has 1 aromatic rings. The van der Waals surface area contributed by atoms with Crippen molar-refractivity contribution in [3.63, 3.8) is 0 Å². The van der Waals surface area contributed by atoms with Gasteiger partial charge in [0.1, 0.15) is 11.9 Å². The normalized spacial score (nSPS) is 17.6. The van der Waals surface area contributed by atoms with Crippen LogP contribution in [0.4, 0.5) is 4.39 Å². The molecule has 0 N–H and O–H groups in total. The van der Waals surface area contributed by atoms with Gasteiger partial charge in [-0.2, -0.15) is 5.26 Å². The van der Waals surface area contributed by atoms with Crippen LogP contribution in [-0.4, -0.2) is 42.9 Å². The molecule has 4 nitrogen and oxygen atoms in total. The molecule has 1 aliphatic heterocycles. The lowest BCUT2D eigenvalue weighted by Crippen LogP contribution is -2.44. The Hall–Kier alpha value is -1.93. The molecule has 112 valence electrons. The zero-order valence-electron chi connectivity index (χ0n) is 12.4. The molecule has 5 heteroatoms. The lowest BCUT2D eigenvalue weighted by molar-refractivity contribution is -0.137. The summed E-state index contributed by atoms with van der Waals surface area (Å²) >= 11 is 0. The van der Waals surface area contributed by atoms with Crippen molar-refractivity contribution in [2.75, 3.05) is 27.2 Å². The summed E-state index contributed by atoms with van der Waals surface area (Å²) in [5.41, 5.74) is 0.398. The number of benzene rings is 1. The number of amides is 1. The Bertz CT molecular complexity index is 545. The summed E-state index contributed by atoms with van der Waals surface area (Å²) in [4.78, 5) is 16.2. The third-order valence-electron chi connectivity index (χ3n) is 3.94. The van der Waals surface area contributed by atoms with E-state index >= 15 is 0 Å². The smallest absolute Gasteiger partial charge is 0.244 e. The van der Waals surface area contributed by atoms with Gasteiger partial charge in [-0.15, -0.1) is 0 Å². The molecular formula is C16H20FN3O. The molecule has 0 unspecified atom stereocenters. The second kappa shape index (κ2) is 6.68. The Kier molecular flexibility index (Phi) is 4.92. The van der Waals surface area contributed by atoms with Crippen LogP contribution < -0.4 is 0 Å². The predicted molar refractivity (Wildman–Crippen MR) is 77.7 cm³/mol. The standard InChI is InChI=1S/C16H20FN3O/c1-19(2)15(13-5-3-4-6-14(13)17)16(21)20-9-7-12(11-18)8-10-20/h3-6,12,15H,7-10H2,1-2H3/t15-/m0/s1. The maximum atomic E-state index is 14.0. The molecule has 0 aromatic heterocycles. The fraction of sp³-hybridized carbons (Fsp3) is 0.500. The van der Waals surface area contributed by atoms with Crippen molar-refractivity contribution < 1.29 is 9.18 Å². The molecule has 2 rings (SSSR count). The molecule has 0 radical (unpaired) electrons. The highest BCUT2D eigenvalue weighted by Gasteiger charge is 2.31. The van der Waals surface area contributed by atoms with Crippen molar-refractivity contribution in [3.05, 3.63) is 35.6 Å². The van der Waals surface area contributed by atoms with Crippen LogP contribution in [0.15, 0.2) is 24.3 Å². The summed E-state index contributed by atoms with van der Waals surface area (Å²) in [6, 6.07) is 8.02. The number of nitrogens with zero attached hydrogens (tertiary/aromatic N) is 3. The van der Waals surface area contributed by atoms with Crippen LogP contribution in [0.5, 0.6) is 0 Å². The zero-order chi connectivity index (χ0) is 15.4. The molecule has 1 atom stereocenters. The first kappa shape index (κ1) is 15.5. The summed E-state index contributed by atoms with van der Waals surface area (Å²) in [7, 11) is 3.55. The molecule has 1 amide bonds. The predicted octanol–water partition coefficient (Wildman–Crippen LogP) is 2.19. The Balaban J connectivity index is 2.18. The molecule has 0 aliphatic carbocycles. The molecular weight excluding hydrogens is 269 g/mol. The first-order chi connectivity index (χ1) is 10.0. The maximum absolute atomic E-state index is 14.0. The first-order valence-electron chi connectivity index (χ1n) is 7.14. The van der Waals surface area contributed by atoms with Crippen molar-refractivity contribution in [3.8, 4) is 6.07 Å². The van der Waals surface area contributed by atoms with Gasteiger partial charge in [0.25, 0.3) is 0 Å². The summed E-state index contributed by atoms with van der Waals surface area (Å²) in [6.07, 6.45) is 1.39. The highest BCUT2D eigenvalue weighted by molar-refractivity contribution is 5.83. The summed E-state index contributed by atoms with van der Waals surface area (Å²) in [5.74, 6) is -0.432. The van der Waals surface area contributed by atoms with Gasteiger partial charge in [-0.1, -0.05) is 18.2 Å². The molecule has 1 fully saturated rings. The van der Waals surface area contributed by atoms with Gasteiger partial charge in [0, 0.05) is 24.6 Å². The third kappa shape index (κ3) is 3.40. The van der Waals surface area contributed by atoms with Crippen molar-refractivity contribution in [2.45, 2.75) is 18.9 Å². The van der Waals surface area contributed by atoms with E-state index in [0.29, 0.717) is 31.5 Å². The molecule has 1 heterocycles. The van der Waals surface area contributed by atoms with Gasteiger partial charge in [-0.25, -0.2) is 4.39 Å². The monoisotopic (exact) mass is 289 g/mol. The molecule has 1 saturated heterocycles. The highest BCUT2D eigenvalue weighted by Crippen LogP contribution is 2.26. The number of hydrogen-bond acceptors (Lipinski definition) is 3. The molecule has 0 saturated carbocycles. The number of hydrogen-bond donors (Lipinski definition) is 0. The number of rotatable bonds is 3. The minimum Gasteiger partial charge on any atom is -0.341 e. The van der Waals surface area contributed by atoms with Gasteiger partial charge in [-0.3, -0.25) is 9.69 Å². The van der Waals surface area contributed by atoms with Crippen LogP contribution in [0, 0.1) is 23.1 Å². The quantitative estimate of drug-likeness (QED) is 0.857. The highest BCUT2D eigenvalue weighted by atomic mass is 19.1. The van der Waals surface area contributed by atoms with Crippen molar-refractivity contribution in [1.82, 2.24) is 9.80 Å². The summed E-state index contributed by atoms with van der Waals surface area (Å²) in [5, 5.41) is 8.92. The van der Waals surface area contributed by atoms with E-state index in [0.717, 1.165) is 0 Å². The maximum Gasteiger partial charge on any atom is 0.244 e. The van der Waals surface area contributed by atoms with E-state index in [1.165, 1.54) is 6.07 Å². The lowest BCUT2D eigenvalue weighted by Gasteiger charge is -2.34. The van der Waals surface area contributed by atoms with Crippen LogP contribution >= 0.6 is 0 Å². The zero-order valence-corrected chi connectivity index (χ0v) is 12.4. The summed E-state index contributed by atoms with van der Waals surface area (Å²) in [6.45, 7) is 1.13.